The molecule has 0 saturated heterocycles. The van der Waals surface area contributed by atoms with E-state index < -0.39 is 5.60 Å². The van der Waals surface area contributed by atoms with Crippen molar-refractivity contribution in [3.63, 3.8) is 0 Å². The maximum atomic E-state index is 11.8. The zero-order valence-corrected chi connectivity index (χ0v) is 14.5. The maximum Gasteiger partial charge on any atom is 0.226 e. The van der Waals surface area contributed by atoms with Crippen LogP contribution < -0.4 is 5.32 Å². The Hall–Kier alpha value is -1.73. The fraction of sp³-hybridized carbons (Fsp3) is 0.562. The second-order valence-electron chi connectivity index (χ2n) is 6.13. The first-order valence-corrected chi connectivity index (χ1v) is 8.62. The number of aryl methyl sites for hydroxylation is 1. The summed E-state index contributed by atoms with van der Waals surface area (Å²) >= 11 is 1.56. The Balaban J connectivity index is 1.72. The van der Waals surface area contributed by atoms with Crippen molar-refractivity contribution in [3.8, 4) is 10.7 Å². The van der Waals surface area contributed by atoms with Gasteiger partial charge in [0.2, 0.25) is 17.6 Å². The first-order valence-electron chi connectivity index (χ1n) is 7.74. The summed E-state index contributed by atoms with van der Waals surface area (Å²) in [4.78, 5) is 17.1. The van der Waals surface area contributed by atoms with Gasteiger partial charge in [0.25, 0.3) is 0 Å². The van der Waals surface area contributed by atoms with Crippen molar-refractivity contribution >= 4 is 17.2 Å². The predicted octanol–water partition coefficient (Wildman–Crippen LogP) is 2.64. The van der Waals surface area contributed by atoms with Crippen molar-refractivity contribution in [3.05, 3.63) is 23.4 Å². The second kappa shape index (κ2) is 7.70. The lowest BCUT2D eigenvalue weighted by atomic mass is 9.92. The smallest absolute Gasteiger partial charge is 0.226 e. The summed E-state index contributed by atoms with van der Waals surface area (Å²) in [5.41, 5.74) is -0.891. The van der Waals surface area contributed by atoms with Crippen molar-refractivity contribution in [1.82, 2.24) is 15.5 Å². The first kappa shape index (κ1) is 17.6. The number of aromatic nitrogens is 2. The molecular weight excluding hydrogens is 314 g/mol. The number of thiophene rings is 1. The summed E-state index contributed by atoms with van der Waals surface area (Å²) in [6, 6.07) is 3.87. The molecule has 0 bridgehead atoms. The SMILES string of the molecule is CC(C)C(C)(O)CNC(=O)CCCc1nc(-c2cccs2)no1. The van der Waals surface area contributed by atoms with E-state index in [0.29, 0.717) is 31.0 Å². The van der Waals surface area contributed by atoms with E-state index >= 15 is 0 Å². The van der Waals surface area contributed by atoms with Crippen LogP contribution in [0.1, 0.15) is 39.5 Å². The summed E-state index contributed by atoms with van der Waals surface area (Å²) in [6.07, 6.45) is 1.55. The van der Waals surface area contributed by atoms with Crippen LogP contribution in [-0.2, 0) is 11.2 Å². The number of carbonyl (C=O) groups is 1. The summed E-state index contributed by atoms with van der Waals surface area (Å²) in [5, 5.41) is 18.7. The van der Waals surface area contributed by atoms with Crippen molar-refractivity contribution in [2.45, 2.75) is 45.6 Å². The molecule has 23 heavy (non-hydrogen) atoms. The lowest BCUT2D eigenvalue weighted by Crippen LogP contribution is -2.44. The van der Waals surface area contributed by atoms with Gasteiger partial charge in [-0.15, -0.1) is 11.3 Å². The number of aliphatic hydroxyl groups is 1. The molecule has 1 atom stereocenters. The number of amides is 1. The highest BCUT2D eigenvalue weighted by atomic mass is 32.1. The van der Waals surface area contributed by atoms with E-state index in [4.69, 9.17) is 4.52 Å². The molecule has 2 aromatic rings. The average molecular weight is 337 g/mol. The third kappa shape index (κ3) is 5.14. The van der Waals surface area contributed by atoms with Crippen LogP contribution in [-0.4, -0.2) is 33.3 Å². The summed E-state index contributed by atoms with van der Waals surface area (Å²) < 4.78 is 5.19. The molecule has 7 heteroatoms. The molecule has 1 amide bonds. The number of nitrogens with zero attached hydrogens (tertiary/aromatic N) is 2. The van der Waals surface area contributed by atoms with Crippen molar-refractivity contribution < 1.29 is 14.4 Å². The Labute approximate surface area is 139 Å². The van der Waals surface area contributed by atoms with E-state index in [2.05, 4.69) is 15.5 Å². The van der Waals surface area contributed by atoms with Crippen molar-refractivity contribution in [2.75, 3.05) is 6.54 Å². The molecule has 0 aliphatic heterocycles. The van der Waals surface area contributed by atoms with Crippen LogP contribution in [0.4, 0.5) is 0 Å². The molecule has 2 rings (SSSR count). The Bertz CT molecular complexity index is 620. The molecule has 2 N–H and O–H groups in total. The zero-order valence-electron chi connectivity index (χ0n) is 13.7. The molecule has 0 fully saturated rings. The fourth-order valence-corrected chi connectivity index (χ4v) is 2.48. The Morgan fingerprint density at radius 2 is 2.30 bits per heavy atom. The third-order valence-electron chi connectivity index (χ3n) is 3.89. The standard InChI is InChI=1S/C16H23N3O3S/c1-11(2)16(3,21)10-17-13(20)7-4-8-14-18-15(19-22-14)12-6-5-9-23-12/h5-6,9,11,21H,4,7-8,10H2,1-3H3,(H,17,20). The molecule has 6 nitrogen and oxygen atoms in total. The maximum absolute atomic E-state index is 11.8. The molecule has 1 unspecified atom stereocenters. The fourth-order valence-electron chi connectivity index (χ4n) is 1.83. The lowest BCUT2D eigenvalue weighted by molar-refractivity contribution is -0.122. The van der Waals surface area contributed by atoms with Gasteiger partial charge in [0.1, 0.15) is 0 Å². The number of rotatable bonds is 8. The minimum absolute atomic E-state index is 0.0797. The molecule has 2 aromatic heterocycles. The number of hydrogen-bond donors (Lipinski definition) is 2. The molecule has 2 heterocycles. The van der Waals surface area contributed by atoms with Crippen LogP contribution in [0.2, 0.25) is 0 Å². The van der Waals surface area contributed by atoms with Gasteiger partial charge < -0.3 is 14.9 Å². The molecule has 0 saturated carbocycles. The first-order chi connectivity index (χ1) is 10.9. The van der Waals surface area contributed by atoms with Gasteiger partial charge in [0, 0.05) is 19.4 Å². The highest BCUT2D eigenvalue weighted by Gasteiger charge is 2.25. The van der Waals surface area contributed by atoms with Gasteiger partial charge in [0.05, 0.1) is 10.5 Å². The van der Waals surface area contributed by atoms with Gasteiger partial charge in [-0.3, -0.25) is 4.79 Å². The highest BCUT2D eigenvalue weighted by Crippen LogP contribution is 2.21. The quantitative estimate of drug-likeness (QED) is 0.773. The van der Waals surface area contributed by atoms with E-state index in [0.717, 1.165) is 4.88 Å². The van der Waals surface area contributed by atoms with Gasteiger partial charge >= 0.3 is 0 Å². The largest absolute Gasteiger partial charge is 0.388 e. The van der Waals surface area contributed by atoms with E-state index in [1.54, 1.807) is 18.3 Å². The Morgan fingerprint density at radius 1 is 1.52 bits per heavy atom. The lowest BCUT2D eigenvalue weighted by Gasteiger charge is -2.27. The van der Waals surface area contributed by atoms with Gasteiger partial charge in [-0.2, -0.15) is 4.98 Å². The van der Waals surface area contributed by atoms with Crippen molar-refractivity contribution in [2.24, 2.45) is 5.92 Å². The minimum atomic E-state index is -0.891. The van der Waals surface area contributed by atoms with Crippen LogP contribution in [0.15, 0.2) is 22.0 Å². The van der Waals surface area contributed by atoms with E-state index in [1.165, 1.54) is 0 Å². The third-order valence-corrected chi connectivity index (χ3v) is 4.76. The molecule has 0 radical (unpaired) electrons. The number of nitrogens with one attached hydrogen (secondary N) is 1. The molecule has 0 aromatic carbocycles. The van der Waals surface area contributed by atoms with Crippen LogP contribution in [0.25, 0.3) is 10.7 Å². The van der Waals surface area contributed by atoms with Crippen molar-refractivity contribution in [1.29, 1.82) is 0 Å². The molecule has 0 spiro atoms. The van der Waals surface area contributed by atoms with Crippen LogP contribution in [0.3, 0.4) is 0 Å². The number of hydrogen-bond acceptors (Lipinski definition) is 6. The topological polar surface area (TPSA) is 88.2 Å². The predicted molar refractivity (Wildman–Crippen MR) is 89.0 cm³/mol. The zero-order chi connectivity index (χ0) is 16.9. The van der Waals surface area contributed by atoms with Crippen LogP contribution in [0.5, 0.6) is 0 Å². The molecular formula is C16H23N3O3S. The minimum Gasteiger partial charge on any atom is -0.388 e. The molecule has 126 valence electrons. The Kier molecular flexibility index (Phi) is 5.90. The Morgan fingerprint density at radius 3 is 2.96 bits per heavy atom. The van der Waals surface area contributed by atoms with E-state index in [-0.39, 0.29) is 18.4 Å². The highest BCUT2D eigenvalue weighted by molar-refractivity contribution is 7.13. The van der Waals surface area contributed by atoms with Crippen LogP contribution in [0, 0.1) is 5.92 Å². The van der Waals surface area contributed by atoms with Gasteiger partial charge in [-0.1, -0.05) is 25.1 Å². The monoisotopic (exact) mass is 337 g/mol. The summed E-state index contributed by atoms with van der Waals surface area (Å²) in [7, 11) is 0. The van der Waals surface area contributed by atoms with Gasteiger partial charge in [0.15, 0.2) is 0 Å². The van der Waals surface area contributed by atoms with Crippen LogP contribution >= 0.6 is 11.3 Å². The second-order valence-corrected chi connectivity index (χ2v) is 7.08. The van der Waals surface area contributed by atoms with Gasteiger partial charge in [-0.25, -0.2) is 0 Å². The number of carbonyl (C=O) groups excluding carboxylic acids is 1. The summed E-state index contributed by atoms with van der Waals surface area (Å²) in [5.74, 6) is 1.13. The average Bonchev–Trinajstić information content (AvgIpc) is 3.16. The summed E-state index contributed by atoms with van der Waals surface area (Å²) in [6.45, 7) is 5.83. The van der Waals surface area contributed by atoms with Gasteiger partial charge in [-0.05, 0) is 30.7 Å². The van der Waals surface area contributed by atoms with E-state index in [1.807, 2.05) is 31.4 Å². The van der Waals surface area contributed by atoms with E-state index in [9.17, 15) is 9.90 Å². The molecule has 0 aliphatic carbocycles. The molecule has 0 aliphatic rings. The normalized spacial score (nSPS) is 14.0.